The first-order valence-corrected chi connectivity index (χ1v) is 6.89. The first-order chi connectivity index (χ1) is 8.75. The van der Waals surface area contributed by atoms with Gasteiger partial charge in [-0.2, -0.15) is 0 Å². The molecule has 18 heavy (non-hydrogen) atoms. The molecule has 0 aliphatic rings. The maximum Gasteiger partial charge on any atom is 0.0270 e. The molecule has 0 saturated carbocycles. The van der Waals surface area contributed by atoms with E-state index in [1.165, 1.54) is 21.2 Å². The van der Waals surface area contributed by atoms with Crippen LogP contribution >= 0.6 is 15.9 Å². The van der Waals surface area contributed by atoms with Gasteiger partial charge in [-0.3, -0.25) is 4.98 Å². The van der Waals surface area contributed by atoms with E-state index in [1.54, 1.807) is 0 Å². The predicted molar refractivity (Wildman–Crippen MR) is 78.5 cm³/mol. The van der Waals surface area contributed by atoms with Crippen molar-refractivity contribution in [2.75, 3.05) is 6.54 Å². The van der Waals surface area contributed by atoms with Crippen LogP contribution in [0.3, 0.4) is 0 Å². The average molecular weight is 305 g/mol. The standard InChI is InChI=1S/C15H17BrN2/c1-12-10-14(2-3-15(12)16)11-18-9-6-13-4-7-17-8-5-13/h2-5,7-8,10,18H,6,9,11H2,1H3. The van der Waals surface area contributed by atoms with E-state index in [-0.39, 0.29) is 0 Å². The Morgan fingerprint density at radius 1 is 1.11 bits per heavy atom. The van der Waals surface area contributed by atoms with Crippen molar-refractivity contribution >= 4 is 15.9 Å². The summed E-state index contributed by atoms with van der Waals surface area (Å²) in [5, 5.41) is 3.46. The number of pyridine rings is 1. The Labute approximate surface area is 117 Å². The van der Waals surface area contributed by atoms with Crippen molar-refractivity contribution in [3.8, 4) is 0 Å². The molecule has 0 aliphatic heterocycles. The minimum atomic E-state index is 0.916. The number of nitrogens with one attached hydrogen (secondary N) is 1. The number of nitrogens with zero attached hydrogens (tertiary/aromatic N) is 1. The van der Waals surface area contributed by atoms with Crippen LogP contribution in [0.1, 0.15) is 16.7 Å². The maximum absolute atomic E-state index is 4.01. The van der Waals surface area contributed by atoms with Gasteiger partial charge in [0.15, 0.2) is 0 Å². The summed E-state index contributed by atoms with van der Waals surface area (Å²) in [6.45, 7) is 4.02. The summed E-state index contributed by atoms with van der Waals surface area (Å²) in [5.74, 6) is 0. The second-order valence-electron chi connectivity index (χ2n) is 4.37. The highest BCUT2D eigenvalue weighted by Gasteiger charge is 1.97. The predicted octanol–water partition coefficient (Wildman–Crippen LogP) is 3.48. The quantitative estimate of drug-likeness (QED) is 0.855. The van der Waals surface area contributed by atoms with Crippen molar-refractivity contribution in [1.29, 1.82) is 0 Å². The number of halogens is 1. The number of aromatic nitrogens is 1. The van der Waals surface area contributed by atoms with Crippen LogP contribution in [0.5, 0.6) is 0 Å². The minimum absolute atomic E-state index is 0.916. The van der Waals surface area contributed by atoms with Crippen molar-refractivity contribution in [2.24, 2.45) is 0 Å². The molecule has 0 amide bonds. The first-order valence-electron chi connectivity index (χ1n) is 6.10. The second-order valence-corrected chi connectivity index (χ2v) is 5.22. The highest BCUT2D eigenvalue weighted by molar-refractivity contribution is 9.10. The van der Waals surface area contributed by atoms with Crippen LogP contribution in [0.2, 0.25) is 0 Å². The van der Waals surface area contributed by atoms with Crippen LogP contribution < -0.4 is 5.32 Å². The highest BCUT2D eigenvalue weighted by Crippen LogP contribution is 2.16. The van der Waals surface area contributed by atoms with Crippen LogP contribution in [-0.2, 0) is 13.0 Å². The van der Waals surface area contributed by atoms with Crippen molar-refractivity contribution in [2.45, 2.75) is 19.9 Å². The van der Waals surface area contributed by atoms with Gasteiger partial charge in [0, 0.05) is 23.4 Å². The van der Waals surface area contributed by atoms with Crippen molar-refractivity contribution in [3.63, 3.8) is 0 Å². The van der Waals surface area contributed by atoms with E-state index in [1.807, 2.05) is 12.4 Å². The van der Waals surface area contributed by atoms with Crippen LogP contribution in [0, 0.1) is 6.92 Å². The molecule has 1 N–H and O–H groups in total. The molecule has 0 fully saturated rings. The third kappa shape index (κ3) is 3.93. The normalized spacial score (nSPS) is 10.6. The van der Waals surface area contributed by atoms with Crippen LogP contribution in [0.4, 0.5) is 0 Å². The van der Waals surface area contributed by atoms with Crippen molar-refractivity contribution in [1.82, 2.24) is 10.3 Å². The Balaban J connectivity index is 1.77. The Kier molecular flexibility index (Phi) is 4.90. The molecule has 2 aromatic rings. The van der Waals surface area contributed by atoms with E-state index >= 15 is 0 Å². The number of aryl methyl sites for hydroxylation is 1. The van der Waals surface area contributed by atoms with Gasteiger partial charge in [-0.25, -0.2) is 0 Å². The van der Waals surface area contributed by atoms with Gasteiger partial charge in [0.2, 0.25) is 0 Å². The molecule has 94 valence electrons. The van der Waals surface area contributed by atoms with Crippen molar-refractivity contribution in [3.05, 3.63) is 63.9 Å². The molecule has 0 spiro atoms. The molecule has 0 radical (unpaired) electrons. The lowest BCUT2D eigenvalue weighted by molar-refractivity contribution is 0.686. The fourth-order valence-corrected chi connectivity index (χ4v) is 2.08. The number of rotatable bonds is 5. The zero-order valence-corrected chi connectivity index (χ0v) is 12.1. The molecule has 0 bridgehead atoms. The Morgan fingerprint density at radius 3 is 2.61 bits per heavy atom. The van der Waals surface area contributed by atoms with Crippen LogP contribution in [0.15, 0.2) is 47.2 Å². The molecular formula is C15H17BrN2. The zero-order chi connectivity index (χ0) is 12.8. The zero-order valence-electron chi connectivity index (χ0n) is 10.5. The highest BCUT2D eigenvalue weighted by atomic mass is 79.9. The average Bonchev–Trinajstić information content (AvgIpc) is 2.40. The maximum atomic E-state index is 4.01. The molecule has 2 rings (SSSR count). The largest absolute Gasteiger partial charge is 0.312 e. The fourth-order valence-electron chi connectivity index (χ4n) is 1.83. The van der Waals surface area contributed by atoms with E-state index < -0.39 is 0 Å². The SMILES string of the molecule is Cc1cc(CNCCc2ccncc2)ccc1Br. The molecule has 0 aliphatic carbocycles. The Bertz CT molecular complexity index is 497. The molecule has 1 heterocycles. The monoisotopic (exact) mass is 304 g/mol. The molecule has 1 aromatic carbocycles. The van der Waals surface area contributed by atoms with Gasteiger partial charge in [0.25, 0.3) is 0 Å². The smallest absolute Gasteiger partial charge is 0.0270 e. The molecule has 0 atom stereocenters. The van der Waals surface area contributed by atoms with E-state index in [0.29, 0.717) is 0 Å². The molecule has 2 nitrogen and oxygen atoms in total. The van der Waals surface area contributed by atoms with Gasteiger partial charge < -0.3 is 5.32 Å². The molecule has 0 unspecified atom stereocenters. The third-order valence-electron chi connectivity index (χ3n) is 2.89. The van der Waals surface area contributed by atoms with E-state index in [9.17, 15) is 0 Å². The van der Waals surface area contributed by atoms with Gasteiger partial charge in [-0.1, -0.05) is 28.1 Å². The van der Waals surface area contributed by atoms with Gasteiger partial charge in [0.05, 0.1) is 0 Å². The molecule has 3 heteroatoms. The van der Waals surface area contributed by atoms with Crippen LogP contribution in [0.25, 0.3) is 0 Å². The molecule has 0 saturated heterocycles. The fraction of sp³-hybridized carbons (Fsp3) is 0.267. The summed E-state index contributed by atoms with van der Waals surface area (Å²) < 4.78 is 1.17. The van der Waals surface area contributed by atoms with E-state index in [4.69, 9.17) is 0 Å². The first kappa shape index (κ1) is 13.2. The minimum Gasteiger partial charge on any atom is -0.312 e. The van der Waals surface area contributed by atoms with Gasteiger partial charge in [-0.05, 0) is 54.8 Å². The number of hydrogen-bond donors (Lipinski definition) is 1. The summed E-state index contributed by atoms with van der Waals surface area (Å²) in [6, 6.07) is 10.6. The molecule has 1 aromatic heterocycles. The topological polar surface area (TPSA) is 24.9 Å². The summed E-state index contributed by atoms with van der Waals surface area (Å²) >= 11 is 3.52. The van der Waals surface area contributed by atoms with Gasteiger partial charge >= 0.3 is 0 Å². The third-order valence-corrected chi connectivity index (χ3v) is 3.78. The van der Waals surface area contributed by atoms with Gasteiger partial charge in [0.1, 0.15) is 0 Å². The lowest BCUT2D eigenvalue weighted by Gasteiger charge is -2.07. The Morgan fingerprint density at radius 2 is 1.89 bits per heavy atom. The summed E-state index contributed by atoms with van der Waals surface area (Å²) in [4.78, 5) is 4.01. The lowest BCUT2D eigenvalue weighted by atomic mass is 10.1. The van der Waals surface area contributed by atoms with Crippen LogP contribution in [-0.4, -0.2) is 11.5 Å². The van der Waals surface area contributed by atoms with E-state index in [2.05, 4.69) is 63.5 Å². The van der Waals surface area contributed by atoms with E-state index in [0.717, 1.165) is 19.5 Å². The lowest BCUT2D eigenvalue weighted by Crippen LogP contribution is -2.16. The van der Waals surface area contributed by atoms with Gasteiger partial charge in [-0.15, -0.1) is 0 Å². The summed E-state index contributed by atoms with van der Waals surface area (Å²) in [5.41, 5.74) is 3.93. The second kappa shape index (κ2) is 6.66. The number of benzene rings is 1. The number of hydrogen-bond acceptors (Lipinski definition) is 2. The molecular weight excluding hydrogens is 288 g/mol. The summed E-state index contributed by atoms with van der Waals surface area (Å²) in [6.07, 6.45) is 4.72. The summed E-state index contributed by atoms with van der Waals surface area (Å²) in [7, 11) is 0. The van der Waals surface area contributed by atoms with Crippen molar-refractivity contribution < 1.29 is 0 Å². The Hall–Kier alpha value is -1.19.